The monoisotopic (exact) mass is 228 g/mol. The van der Waals surface area contributed by atoms with E-state index in [1.54, 1.807) is 12.1 Å². The van der Waals surface area contributed by atoms with Crippen LogP contribution >= 0.6 is 23.7 Å². The Bertz CT molecular complexity index is 306. The van der Waals surface area contributed by atoms with Gasteiger partial charge in [0.2, 0.25) is 0 Å². The summed E-state index contributed by atoms with van der Waals surface area (Å²) in [7, 11) is 0. The summed E-state index contributed by atoms with van der Waals surface area (Å²) in [5.41, 5.74) is 2.68. The fourth-order valence-electron chi connectivity index (χ4n) is 1.51. The maximum absolute atomic E-state index is 5.69. The lowest BCUT2D eigenvalue weighted by Gasteiger charge is -2.29. The van der Waals surface area contributed by atoms with Gasteiger partial charge >= 0.3 is 0 Å². The summed E-state index contributed by atoms with van der Waals surface area (Å²) in [5.74, 6) is 0.721. The molecule has 1 heterocycles. The zero-order valence-electron chi connectivity index (χ0n) is 7.87. The van der Waals surface area contributed by atoms with Crippen molar-refractivity contribution >= 4 is 29.4 Å². The number of hydrogen-bond acceptors (Lipinski definition) is 3. The summed E-state index contributed by atoms with van der Waals surface area (Å²) in [6, 6.07) is 8.49. The molecule has 0 radical (unpaired) electrons. The molecule has 4 heteroatoms. The second-order valence-corrected chi connectivity index (χ2v) is 4.48. The average molecular weight is 229 g/mol. The Kier molecular flexibility index (Phi) is 3.56. The molecule has 76 valence electrons. The topological polar surface area (TPSA) is 15.3 Å². The number of alkyl halides is 1. The molecule has 0 amide bonds. The van der Waals surface area contributed by atoms with Crippen molar-refractivity contribution in [3.8, 4) is 0 Å². The van der Waals surface area contributed by atoms with Crippen molar-refractivity contribution in [2.45, 2.75) is 13.0 Å². The molecule has 0 aliphatic carbocycles. The minimum absolute atomic E-state index is 0.721. The van der Waals surface area contributed by atoms with Gasteiger partial charge in [-0.3, -0.25) is 0 Å². The van der Waals surface area contributed by atoms with Gasteiger partial charge in [-0.15, -0.1) is 11.6 Å². The van der Waals surface area contributed by atoms with E-state index in [0.717, 1.165) is 25.4 Å². The van der Waals surface area contributed by atoms with E-state index in [1.165, 1.54) is 11.3 Å². The van der Waals surface area contributed by atoms with Crippen LogP contribution in [-0.2, 0) is 6.54 Å². The molecule has 1 aliphatic heterocycles. The van der Waals surface area contributed by atoms with Gasteiger partial charge in [-0.25, -0.2) is 4.72 Å². The van der Waals surface area contributed by atoms with Crippen molar-refractivity contribution < 1.29 is 0 Å². The molecule has 1 aromatic rings. The van der Waals surface area contributed by atoms with Gasteiger partial charge in [0.15, 0.2) is 0 Å². The molecular weight excluding hydrogens is 216 g/mol. The molecule has 0 bridgehead atoms. The van der Waals surface area contributed by atoms with E-state index in [4.69, 9.17) is 11.6 Å². The number of benzene rings is 1. The first kappa shape index (κ1) is 10.1. The Morgan fingerprint density at radius 1 is 1.43 bits per heavy atom. The van der Waals surface area contributed by atoms with Crippen LogP contribution in [0, 0.1) is 0 Å². The fourth-order valence-corrected chi connectivity index (χ4v) is 2.50. The molecule has 0 aromatic heterocycles. The van der Waals surface area contributed by atoms with Crippen molar-refractivity contribution in [3.05, 3.63) is 29.8 Å². The highest BCUT2D eigenvalue weighted by molar-refractivity contribution is 7.98. The zero-order chi connectivity index (χ0) is 9.80. The van der Waals surface area contributed by atoms with Gasteiger partial charge < -0.3 is 4.31 Å². The maximum Gasteiger partial charge on any atom is 0.0527 e. The lowest BCUT2D eigenvalue weighted by Crippen LogP contribution is -2.27. The van der Waals surface area contributed by atoms with Crippen LogP contribution in [0.15, 0.2) is 24.3 Å². The second kappa shape index (κ2) is 4.91. The molecule has 0 fully saturated rings. The van der Waals surface area contributed by atoms with Crippen LogP contribution in [0.25, 0.3) is 0 Å². The van der Waals surface area contributed by atoms with Crippen LogP contribution in [0.4, 0.5) is 5.69 Å². The summed E-state index contributed by atoms with van der Waals surface area (Å²) < 4.78 is 5.56. The minimum atomic E-state index is 0.721. The lowest BCUT2D eigenvalue weighted by molar-refractivity contribution is 0.879. The third-order valence-electron chi connectivity index (χ3n) is 2.19. The Balaban J connectivity index is 2.14. The van der Waals surface area contributed by atoms with Gasteiger partial charge in [-0.2, -0.15) is 0 Å². The molecule has 0 unspecified atom stereocenters. The maximum atomic E-state index is 5.69. The molecule has 0 atom stereocenters. The fraction of sp³-hybridized carbons (Fsp3) is 0.400. The molecular formula is C10H13ClN2S. The highest BCUT2D eigenvalue weighted by Gasteiger charge is 2.15. The molecule has 1 N–H and O–H groups in total. The van der Waals surface area contributed by atoms with Crippen molar-refractivity contribution in [2.24, 2.45) is 0 Å². The van der Waals surface area contributed by atoms with Crippen LogP contribution in [0.1, 0.15) is 12.0 Å². The normalized spacial score (nSPS) is 15.4. The van der Waals surface area contributed by atoms with E-state index in [1.807, 2.05) is 0 Å². The van der Waals surface area contributed by atoms with Gasteiger partial charge in [0.1, 0.15) is 0 Å². The highest BCUT2D eigenvalue weighted by Crippen LogP contribution is 2.29. The SMILES string of the molecule is ClCCCN1SNCc2ccccc21. The van der Waals surface area contributed by atoms with Gasteiger partial charge in [0.25, 0.3) is 0 Å². The number of hydrogen-bond donors (Lipinski definition) is 1. The summed E-state index contributed by atoms with van der Waals surface area (Å²) in [4.78, 5) is 0. The Hall–Kier alpha value is -0.380. The first-order valence-corrected chi connectivity index (χ1v) is 6.04. The van der Waals surface area contributed by atoms with Gasteiger partial charge in [-0.05, 0) is 18.1 Å². The van der Waals surface area contributed by atoms with Crippen LogP contribution in [-0.4, -0.2) is 12.4 Å². The largest absolute Gasteiger partial charge is 0.303 e. The van der Waals surface area contributed by atoms with Gasteiger partial charge in [0.05, 0.1) is 5.69 Å². The van der Waals surface area contributed by atoms with Crippen molar-refractivity contribution in [1.29, 1.82) is 0 Å². The van der Waals surface area contributed by atoms with E-state index in [0.29, 0.717) is 0 Å². The number of halogens is 1. The van der Waals surface area contributed by atoms with Crippen LogP contribution in [0.2, 0.25) is 0 Å². The summed E-state index contributed by atoms with van der Waals surface area (Å²) in [5, 5.41) is 0. The number of nitrogens with one attached hydrogen (secondary N) is 1. The first-order valence-electron chi connectivity index (χ1n) is 4.73. The van der Waals surface area contributed by atoms with E-state index < -0.39 is 0 Å². The van der Waals surface area contributed by atoms with Gasteiger partial charge in [-0.1, -0.05) is 18.2 Å². The van der Waals surface area contributed by atoms with E-state index in [2.05, 4.69) is 33.3 Å². The summed E-state index contributed by atoms with van der Waals surface area (Å²) in [6.45, 7) is 1.94. The number of rotatable bonds is 3. The van der Waals surface area contributed by atoms with Crippen molar-refractivity contribution in [2.75, 3.05) is 16.7 Å². The molecule has 2 rings (SSSR count). The zero-order valence-corrected chi connectivity index (χ0v) is 9.44. The number of anilines is 1. The lowest BCUT2D eigenvalue weighted by atomic mass is 10.2. The average Bonchev–Trinajstić information content (AvgIpc) is 2.26. The predicted molar refractivity (Wildman–Crippen MR) is 63.6 cm³/mol. The van der Waals surface area contributed by atoms with Crippen molar-refractivity contribution in [3.63, 3.8) is 0 Å². The smallest absolute Gasteiger partial charge is 0.0527 e. The molecule has 1 aliphatic rings. The Morgan fingerprint density at radius 2 is 2.29 bits per heavy atom. The minimum Gasteiger partial charge on any atom is -0.303 e. The summed E-state index contributed by atoms with van der Waals surface area (Å²) in [6.07, 6.45) is 1.02. The third kappa shape index (κ3) is 2.16. The van der Waals surface area contributed by atoms with Crippen LogP contribution in [0.5, 0.6) is 0 Å². The number of nitrogens with zero attached hydrogens (tertiary/aromatic N) is 1. The molecule has 0 spiro atoms. The Labute approximate surface area is 93.9 Å². The summed E-state index contributed by atoms with van der Waals surface area (Å²) >= 11 is 7.36. The van der Waals surface area contributed by atoms with E-state index in [-0.39, 0.29) is 0 Å². The number of para-hydroxylation sites is 1. The molecule has 1 aromatic carbocycles. The molecule has 2 nitrogen and oxygen atoms in total. The molecule has 0 saturated carbocycles. The number of fused-ring (bicyclic) bond motifs is 1. The van der Waals surface area contributed by atoms with E-state index in [9.17, 15) is 0 Å². The quantitative estimate of drug-likeness (QED) is 0.633. The standard InChI is InChI=1S/C10H13ClN2S/c11-6-3-7-13-10-5-2-1-4-9(10)8-12-14-13/h1-2,4-5,12H,3,6-8H2. The van der Waals surface area contributed by atoms with Crippen molar-refractivity contribution in [1.82, 2.24) is 4.72 Å². The van der Waals surface area contributed by atoms with Crippen LogP contribution in [0.3, 0.4) is 0 Å². The Morgan fingerprint density at radius 3 is 3.14 bits per heavy atom. The predicted octanol–water partition coefficient (Wildman–Crippen LogP) is 2.79. The van der Waals surface area contributed by atoms with E-state index >= 15 is 0 Å². The third-order valence-corrected chi connectivity index (χ3v) is 3.33. The van der Waals surface area contributed by atoms with Crippen LogP contribution < -0.4 is 9.03 Å². The molecule has 0 saturated heterocycles. The first-order chi connectivity index (χ1) is 6.92. The molecule has 14 heavy (non-hydrogen) atoms. The highest BCUT2D eigenvalue weighted by atomic mass is 35.5. The van der Waals surface area contributed by atoms with Gasteiger partial charge in [0, 0.05) is 31.1 Å². The second-order valence-electron chi connectivity index (χ2n) is 3.19.